The topological polar surface area (TPSA) is 126 Å². The molecule has 1 amide bonds. The molecule has 2 heterocycles. The number of ether oxygens (including phenoxy) is 1. The van der Waals surface area contributed by atoms with Crippen LogP contribution in [0.15, 0.2) is 65.7 Å². The van der Waals surface area contributed by atoms with E-state index in [1.165, 1.54) is 32.2 Å². The van der Waals surface area contributed by atoms with Gasteiger partial charge in [0.2, 0.25) is 11.9 Å². The smallest absolute Gasteiger partial charge is 0.248 e. The summed E-state index contributed by atoms with van der Waals surface area (Å²) in [7, 11) is -2.03. The Labute approximate surface area is 239 Å². The third-order valence-corrected chi connectivity index (χ3v) is 8.85. The van der Waals surface area contributed by atoms with Crippen molar-refractivity contribution in [3.05, 3.63) is 65.8 Å². The summed E-state index contributed by atoms with van der Waals surface area (Å²) in [5.41, 5.74) is 1.48. The Morgan fingerprint density at radius 3 is 2.60 bits per heavy atom. The summed E-state index contributed by atoms with van der Waals surface area (Å²) in [6, 6.07) is 11.7. The van der Waals surface area contributed by atoms with Gasteiger partial charge in [-0.1, -0.05) is 29.8 Å². The molecule has 4 rings (SSSR count). The minimum Gasteiger partial charge on any atom is -0.494 e. The van der Waals surface area contributed by atoms with Crippen molar-refractivity contribution in [2.75, 3.05) is 42.7 Å². The molecule has 1 aliphatic rings. The highest BCUT2D eigenvalue weighted by Gasteiger charge is 2.23. The van der Waals surface area contributed by atoms with E-state index in [2.05, 4.69) is 30.8 Å². The van der Waals surface area contributed by atoms with Crippen LogP contribution < -0.4 is 20.7 Å². The first-order valence-corrected chi connectivity index (χ1v) is 14.9. The molecule has 0 radical (unpaired) electrons. The summed E-state index contributed by atoms with van der Waals surface area (Å²) in [4.78, 5) is 23.5. The number of hydrogen-bond donors (Lipinski definition) is 3. The standard InChI is InChI=1S/C28H33ClN6O4S/c1-19(2)40(37,38)25-10-5-4-9-23(25)32-27-21(29)18-30-28(34-27)33-22-13-12-20(17-24(22)39-3)31-26(36)11-8-16-35-14-6-7-15-35/h4-5,8-13,17-19H,6-7,14-16H2,1-3H3,(H,31,36)(H2,30,32,33,34)/b11-8+. The third kappa shape index (κ3) is 7.29. The number of halogens is 1. The Bertz CT molecular complexity index is 1490. The fraction of sp³-hybridized carbons (Fsp3) is 0.321. The van der Waals surface area contributed by atoms with Gasteiger partial charge in [-0.05, 0) is 64.0 Å². The highest BCUT2D eigenvalue weighted by molar-refractivity contribution is 7.92. The lowest BCUT2D eigenvalue weighted by Gasteiger charge is -2.16. The van der Waals surface area contributed by atoms with E-state index >= 15 is 0 Å². The van der Waals surface area contributed by atoms with E-state index in [0.717, 1.165) is 19.6 Å². The first kappa shape index (κ1) is 29.3. The lowest BCUT2D eigenvalue weighted by Crippen LogP contribution is -2.19. The summed E-state index contributed by atoms with van der Waals surface area (Å²) in [6.07, 6.45) is 7.23. The number of nitrogens with one attached hydrogen (secondary N) is 3. The second-order valence-electron chi connectivity index (χ2n) is 9.54. The molecule has 0 saturated carbocycles. The molecule has 1 aromatic heterocycles. The zero-order valence-corrected chi connectivity index (χ0v) is 24.2. The Morgan fingerprint density at radius 1 is 1.12 bits per heavy atom. The lowest BCUT2D eigenvalue weighted by atomic mass is 10.2. The first-order valence-electron chi connectivity index (χ1n) is 12.9. The summed E-state index contributed by atoms with van der Waals surface area (Å²) in [5.74, 6) is 0.670. The normalized spacial score (nSPS) is 14.0. The van der Waals surface area contributed by atoms with E-state index < -0.39 is 15.1 Å². The van der Waals surface area contributed by atoms with Gasteiger partial charge in [0.1, 0.15) is 10.8 Å². The predicted octanol–water partition coefficient (Wildman–Crippen LogP) is 5.40. The summed E-state index contributed by atoms with van der Waals surface area (Å²) in [6.45, 7) is 6.15. The Hall–Kier alpha value is -3.67. The van der Waals surface area contributed by atoms with Gasteiger partial charge in [-0.25, -0.2) is 13.4 Å². The lowest BCUT2D eigenvalue weighted by molar-refractivity contribution is -0.111. The quantitative estimate of drug-likeness (QED) is 0.254. The molecule has 2 aromatic carbocycles. The highest BCUT2D eigenvalue weighted by Crippen LogP contribution is 2.33. The predicted molar refractivity (Wildman–Crippen MR) is 159 cm³/mol. The van der Waals surface area contributed by atoms with Gasteiger partial charge in [-0.15, -0.1) is 0 Å². The zero-order valence-electron chi connectivity index (χ0n) is 22.6. The molecule has 40 heavy (non-hydrogen) atoms. The van der Waals surface area contributed by atoms with Gasteiger partial charge in [0.15, 0.2) is 15.7 Å². The van der Waals surface area contributed by atoms with Gasteiger partial charge in [-0.3, -0.25) is 9.69 Å². The van der Waals surface area contributed by atoms with Crippen LogP contribution in [0.5, 0.6) is 5.75 Å². The molecule has 212 valence electrons. The van der Waals surface area contributed by atoms with Crippen LogP contribution in [-0.2, 0) is 14.6 Å². The number of likely N-dealkylation sites (tertiary alicyclic amines) is 1. The van der Waals surface area contributed by atoms with Crippen molar-refractivity contribution >= 4 is 56.2 Å². The van der Waals surface area contributed by atoms with Crippen molar-refractivity contribution in [3.8, 4) is 5.75 Å². The van der Waals surface area contributed by atoms with Crippen LogP contribution in [0.4, 0.5) is 28.8 Å². The molecule has 3 aromatic rings. The van der Waals surface area contributed by atoms with Crippen LogP contribution in [-0.4, -0.2) is 61.2 Å². The average molecular weight is 585 g/mol. The minimum absolute atomic E-state index is 0.152. The molecule has 1 fully saturated rings. The number of methoxy groups -OCH3 is 1. The fourth-order valence-corrected chi connectivity index (χ4v) is 5.51. The number of hydrogen-bond acceptors (Lipinski definition) is 9. The number of benzene rings is 2. The molecule has 0 atom stereocenters. The van der Waals surface area contributed by atoms with Crippen LogP contribution in [0.3, 0.4) is 0 Å². The molecule has 1 aliphatic heterocycles. The monoisotopic (exact) mass is 584 g/mol. The molecule has 3 N–H and O–H groups in total. The molecule has 10 nitrogen and oxygen atoms in total. The van der Waals surface area contributed by atoms with E-state index in [1.807, 2.05) is 6.08 Å². The van der Waals surface area contributed by atoms with E-state index in [4.69, 9.17) is 16.3 Å². The van der Waals surface area contributed by atoms with Gasteiger partial charge in [0.05, 0.1) is 34.8 Å². The van der Waals surface area contributed by atoms with Crippen molar-refractivity contribution in [3.63, 3.8) is 0 Å². The third-order valence-electron chi connectivity index (χ3n) is 6.36. The number of carbonyl (C=O) groups excluding carboxylic acids is 1. The van der Waals surface area contributed by atoms with E-state index in [0.29, 0.717) is 22.8 Å². The molecular weight excluding hydrogens is 552 g/mol. The van der Waals surface area contributed by atoms with Crippen LogP contribution in [0.25, 0.3) is 0 Å². The number of aromatic nitrogens is 2. The molecule has 0 unspecified atom stereocenters. The van der Waals surface area contributed by atoms with Crippen molar-refractivity contribution in [2.24, 2.45) is 0 Å². The van der Waals surface area contributed by atoms with Crippen molar-refractivity contribution in [2.45, 2.75) is 36.8 Å². The Balaban J connectivity index is 1.48. The van der Waals surface area contributed by atoms with Crippen molar-refractivity contribution in [1.82, 2.24) is 14.9 Å². The minimum atomic E-state index is -3.55. The fourth-order valence-electron chi connectivity index (χ4n) is 4.17. The van der Waals surface area contributed by atoms with Crippen LogP contribution in [0.1, 0.15) is 26.7 Å². The number of sulfone groups is 1. The van der Waals surface area contributed by atoms with E-state index in [9.17, 15) is 13.2 Å². The van der Waals surface area contributed by atoms with E-state index in [-0.39, 0.29) is 27.6 Å². The van der Waals surface area contributed by atoms with Crippen molar-refractivity contribution in [1.29, 1.82) is 0 Å². The number of rotatable bonds is 11. The molecular formula is C28H33ClN6O4S. The highest BCUT2D eigenvalue weighted by atomic mass is 35.5. The second-order valence-corrected chi connectivity index (χ2v) is 12.4. The Kier molecular flexibility index (Phi) is 9.62. The van der Waals surface area contributed by atoms with Crippen LogP contribution in [0, 0.1) is 0 Å². The van der Waals surface area contributed by atoms with Crippen molar-refractivity contribution < 1.29 is 17.9 Å². The summed E-state index contributed by atoms with van der Waals surface area (Å²) >= 11 is 6.34. The number of carbonyl (C=O) groups is 1. The van der Waals surface area contributed by atoms with Gasteiger partial charge >= 0.3 is 0 Å². The summed E-state index contributed by atoms with van der Waals surface area (Å²) in [5, 5.41) is 8.58. The van der Waals surface area contributed by atoms with Crippen LogP contribution >= 0.6 is 11.6 Å². The largest absolute Gasteiger partial charge is 0.494 e. The second kappa shape index (κ2) is 13.1. The Morgan fingerprint density at radius 2 is 1.88 bits per heavy atom. The van der Waals surface area contributed by atoms with E-state index in [1.54, 1.807) is 56.3 Å². The molecule has 0 bridgehead atoms. The SMILES string of the molecule is COc1cc(NC(=O)/C=C/CN2CCCC2)ccc1Nc1ncc(Cl)c(Nc2ccccc2S(=O)(=O)C(C)C)n1. The number of amides is 1. The van der Waals surface area contributed by atoms with Gasteiger partial charge in [-0.2, -0.15) is 4.98 Å². The number of nitrogens with zero attached hydrogens (tertiary/aromatic N) is 3. The first-order chi connectivity index (χ1) is 19.2. The van der Waals surface area contributed by atoms with Crippen LogP contribution in [0.2, 0.25) is 5.02 Å². The maximum atomic E-state index is 12.8. The molecule has 0 spiro atoms. The molecule has 0 aliphatic carbocycles. The maximum absolute atomic E-state index is 12.8. The number of anilines is 5. The van der Waals surface area contributed by atoms with Gasteiger partial charge < -0.3 is 20.7 Å². The number of para-hydroxylation sites is 1. The van der Waals surface area contributed by atoms with Gasteiger partial charge in [0.25, 0.3) is 0 Å². The maximum Gasteiger partial charge on any atom is 0.248 e. The molecule has 1 saturated heterocycles. The average Bonchev–Trinajstić information content (AvgIpc) is 3.45. The summed E-state index contributed by atoms with van der Waals surface area (Å²) < 4.78 is 31.2. The molecule has 12 heteroatoms. The van der Waals surface area contributed by atoms with Gasteiger partial charge in [0, 0.05) is 24.4 Å². The zero-order chi connectivity index (χ0) is 28.7.